The van der Waals surface area contributed by atoms with Gasteiger partial charge in [-0.05, 0) is 24.7 Å². The number of hydrogen-bond donors (Lipinski definition) is 1. The highest BCUT2D eigenvalue weighted by Gasteiger charge is 2.34. The van der Waals surface area contributed by atoms with E-state index in [9.17, 15) is 13.2 Å². The maximum absolute atomic E-state index is 13.0. The molecule has 3 aromatic rings. The van der Waals surface area contributed by atoms with Crippen molar-refractivity contribution in [2.75, 3.05) is 42.9 Å². The molecule has 4 rings (SSSR count). The van der Waals surface area contributed by atoms with Gasteiger partial charge in [-0.3, -0.25) is 0 Å². The van der Waals surface area contributed by atoms with Gasteiger partial charge in [0.25, 0.3) is 0 Å². The molecule has 1 saturated heterocycles. The monoisotopic (exact) mass is 390 g/mol. The number of rotatable bonds is 4. The van der Waals surface area contributed by atoms with E-state index < -0.39 is 11.9 Å². The molecule has 2 aromatic heterocycles. The van der Waals surface area contributed by atoms with Crippen molar-refractivity contribution in [1.82, 2.24) is 19.5 Å². The van der Waals surface area contributed by atoms with Gasteiger partial charge in [0.1, 0.15) is 5.52 Å². The summed E-state index contributed by atoms with van der Waals surface area (Å²) in [6.07, 6.45) is -1.67. The number of anilines is 3. The van der Waals surface area contributed by atoms with Crippen LogP contribution in [0.15, 0.2) is 42.7 Å². The van der Waals surface area contributed by atoms with Crippen LogP contribution >= 0.6 is 0 Å². The molecule has 148 valence electrons. The van der Waals surface area contributed by atoms with Gasteiger partial charge in [-0.1, -0.05) is 13.0 Å². The van der Waals surface area contributed by atoms with E-state index in [-0.39, 0.29) is 5.52 Å². The highest BCUT2D eigenvalue weighted by Crippen LogP contribution is 2.31. The standard InChI is InChI=1S/C19H21F3N6/c1-2-26-8-10-27(11-9-26)15-5-3-4-14(12-15)24-18-16-13-17(19(20,21)22)25-28(16)7-6-23-18/h3-7,12-13H,2,8-11H2,1H3,(H,23,24). The summed E-state index contributed by atoms with van der Waals surface area (Å²) < 4.78 is 40.1. The molecule has 1 fully saturated rings. The van der Waals surface area contributed by atoms with Crippen LogP contribution in [-0.4, -0.2) is 52.2 Å². The molecule has 0 aliphatic carbocycles. The Labute approximate surface area is 160 Å². The Morgan fingerprint density at radius 1 is 1.11 bits per heavy atom. The number of fused-ring (bicyclic) bond motifs is 1. The molecule has 1 aromatic carbocycles. The topological polar surface area (TPSA) is 48.7 Å². The van der Waals surface area contributed by atoms with Gasteiger partial charge < -0.3 is 15.1 Å². The van der Waals surface area contributed by atoms with E-state index in [4.69, 9.17) is 0 Å². The van der Waals surface area contributed by atoms with Crippen molar-refractivity contribution in [2.45, 2.75) is 13.1 Å². The number of benzene rings is 1. The van der Waals surface area contributed by atoms with Crippen molar-refractivity contribution < 1.29 is 13.2 Å². The molecule has 0 bridgehead atoms. The predicted octanol–water partition coefficient (Wildman–Crippen LogP) is 3.63. The van der Waals surface area contributed by atoms with E-state index >= 15 is 0 Å². The number of aromatic nitrogens is 3. The van der Waals surface area contributed by atoms with Gasteiger partial charge in [0, 0.05) is 56.0 Å². The van der Waals surface area contributed by atoms with Crippen LogP contribution in [0, 0.1) is 0 Å². The van der Waals surface area contributed by atoms with Crippen LogP contribution in [0.25, 0.3) is 5.52 Å². The second kappa shape index (κ2) is 7.31. The van der Waals surface area contributed by atoms with Gasteiger partial charge in [0.2, 0.25) is 0 Å². The Morgan fingerprint density at radius 3 is 2.61 bits per heavy atom. The van der Waals surface area contributed by atoms with Crippen LogP contribution < -0.4 is 10.2 Å². The maximum atomic E-state index is 13.0. The molecule has 6 nitrogen and oxygen atoms in total. The molecule has 1 N–H and O–H groups in total. The highest BCUT2D eigenvalue weighted by molar-refractivity contribution is 5.74. The minimum atomic E-state index is -4.50. The Bertz CT molecular complexity index is 960. The molecule has 0 atom stereocenters. The van der Waals surface area contributed by atoms with Crippen LogP contribution in [0.5, 0.6) is 0 Å². The molecular formula is C19H21F3N6. The third kappa shape index (κ3) is 3.75. The Kier molecular flexibility index (Phi) is 4.84. The SMILES string of the molecule is CCN1CCN(c2cccc(Nc3nccn4nc(C(F)(F)F)cc34)c2)CC1. The molecule has 3 heterocycles. The van der Waals surface area contributed by atoms with Crippen molar-refractivity contribution in [1.29, 1.82) is 0 Å². The molecule has 0 saturated carbocycles. The van der Waals surface area contributed by atoms with Crippen LogP contribution in [0.1, 0.15) is 12.6 Å². The first-order chi connectivity index (χ1) is 13.4. The minimum Gasteiger partial charge on any atom is -0.369 e. The summed E-state index contributed by atoms with van der Waals surface area (Å²) in [6.45, 7) is 7.15. The summed E-state index contributed by atoms with van der Waals surface area (Å²) in [5, 5.41) is 6.73. The predicted molar refractivity (Wildman–Crippen MR) is 102 cm³/mol. The van der Waals surface area contributed by atoms with E-state index in [0.717, 1.165) is 50.2 Å². The fraction of sp³-hybridized carbons (Fsp3) is 0.368. The normalized spacial score (nSPS) is 15.9. The van der Waals surface area contributed by atoms with Crippen LogP contribution in [0.3, 0.4) is 0 Å². The van der Waals surface area contributed by atoms with Crippen LogP contribution in [0.4, 0.5) is 30.4 Å². The van der Waals surface area contributed by atoms with Crippen LogP contribution in [0.2, 0.25) is 0 Å². The molecule has 28 heavy (non-hydrogen) atoms. The van der Waals surface area contributed by atoms with Gasteiger partial charge in [-0.25, -0.2) is 9.50 Å². The van der Waals surface area contributed by atoms with E-state index in [1.165, 1.54) is 16.9 Å². The first kappa shape index (κ1) is 18.5. The van der Waals surface area contributed by atoms with Gasteiger partial charge in [0.15, 0.2) is 11.5 Å². The lowest BCUT2D eigenvalue weighted by molar-refractivity contribution is -0.141. The van der Waals surface area contributed by atoms with Crippen LogP contribution in [-0.2, 0) is 6.18 Å². The van der Waals surface area contributed by atoms with E-state index in [1.807, 2.05) is 24.3 Å². The minimum absolute atomic E-state index is 0.275. The average Bonchev–Trinajstić information content (AvgIpc) is 3.14. The lowest BCUT2D eigenvalue weighted by Gasteiger charge is -2.35. The van der Waals surface area contributed by atoms with E-state index in [2.05, 4.69) is 32.1 Å². The average molecular weight is 390 g/mol. The van der Waals surface area contributed by atoms with Crippen molar-refractivity contribution in [3.63, 3.8) is 0 Å². The fourth-order valence-electron chi connectivity index (χ4n) is 3.40. The number of nitrogens with one attached hydrogen (secondary N) is 1. The van der Waals surface area contributed by atoms with Gasteiger partial charge in [0.05, 0.1) is 0 Å². The van der Waals surface area contributed by atoms with Gasteiger partial charge in [-0.15, -0.1) is 0 Å². The third-order valence-corrected chi connectivity index (χ3v) is 4.97. The molecular weight excluding hydrogens is 369 g/mol. The first-order valence-electron chi connectivity index (χ1n) is 9.20. The summed E-state index contributed by atoms with van der Waals surface area (Å²) in [5.41, 5.74) is 1.19. The summed E-state index contributed by atoms with van der Waals surface area (Å²) in [4.78, 5) is 8.92. The van der Waals surface area contributed by atoms with Crippen molar-refractivity contribution in [3.05, 3.63) is 48.4 Å². The summed E-state index contributed by atoms with van der Waals surface area (Å²) >= 11 is 0. The Morgan fingerprint density at radius 2 is 1.89 bits per heavy atom. The number of alkyl halides is 3. The number of piperazine rings is 1. The summed E-state index contributed by atoms with van der Waals surface area (Å²) in [5.74, 6) is 0.332. The molecule has 1 aliphatic heterocycles. The third-order valence-electron chi connectivity index (χ3n) is 4.97. The lowest BCUT2D eigenvalue weighted by Crippen LogP contribution is -2.46. The largest absolute Gasteiger partial charge is 0.435 e. The Hall–Kier alpha value is -2.81. The van der Waals surface area contributed by atoms with Crippen molar-refractivity contribution >= 4 is 22.7 Å². The maximum Gasteiger partial charge on any atom is 0.435 e. The quantitative estimate of drug-likeness (QED) is 0.737. The number of likely N-dealkylation sites (N-methyl/N-ethyl adjacent to an activating group) is 1. The second-order valence-electron chi connectivity index (χ2n) is 6.73. The van der Waals surface area contributed by atoms with Crippen molar-refractivity contribution in [2.24, 2.45) is 0 Å². The molecule has 9 heteroatoms. The molecule has 1 aliphatic rings. The fourth-order valence-corrected chi connectivity index (χ4v) is 3.40. The molecule has 0 spiro atoms. The molecule has 0 unspecified atom stereocenters. The smallest absolute Gasteiger partial charge is 0.369 e. The summed E-state index contributed by atoms with van der Waals surface area (Å²) in [6, 6.07) is 8.85. The summed E-state index contributed by atoms with van der Waals surface area (Å²) in [7, 11) is 0. The van der Waals surface area contributed by atoms with E-state index in [0.29, 0.717) is 5.82 Å². The molecule has 0 radical (unpaired) electrons. The number of hydrogen-bond acceptors (Lipinski definition) is 5. The van der Waals surface area contributed by atoms with Gasteiger partial charge in [-0.2, -0.15) is 18.3 Å². The zero-order valence-electron chi connectivity index (χ0n) is 15.4. The second-order valence-corrected chi connectivity index (χ2v) is 6.73. The number of nitrogens with zero attached hydrogens (tertiary/aromatic N) is 5. The highest BCUT2D eigenvalue weighted by atomic mass is 19.4. The number of halogens is 3. The van der Waals surface area contributed by atoms with Gasteiger partial charge >= 0.3 is 6.18 Å². The lowest BCUT2D eigenvalue weighted by atomic mass is 10.2. The zero-order valence-corrected chi connectivity index (χ0v) is 15.4. The van der Waals surface area contributed by atoms with Crippen molar-refractivity contribution in [3.8, 4) is 0 Å². The molecule has 0 amide bonds. The first-order valence-corrected chi connectivity index (χ1v) is 9.20. The van der Waals surface area contributed by atoms with E-state index in [1.54, 1.807) is 0 Å². The Balaban J connectivity index is 1.57. The zero-order chi connectivity index (χ0) is 19.7.